The van der Waals surface area contributed by atoms with E-state index in [0.717, 1.165) is 26.2 Å². The Bertz CT molecular complexity index is 648. The summed E-state index contributed by atoms with van der Waals surface area (Å²) in [7, 11) is 0. The van der Waals surface area contributed by atoms with Crippen molar-refractivity contribution in [3.05, 3.63) is 26.6 Å². The zero-order valence-electron chi connectivity index (χ0n) is 14.2. The van der Waals surface area contributed by atoms with Crippen molar-refractivity contribution in [1.82, 2.24) is 24.9 Å². The van der Waals surface area contributed by atoms with Crippen LogP contribution in [0.3, 0.4) is 0 Å². The van der Waals surface area contributed by atoms with E-state index in [1.165, 1.54) is 10.9 Å². The molecule has 0 atom stereocenters. The van der Waals surface area contributed by atoms with Crippen LogP contribution in [0.4, 0.5) is 0 Å². The molecule has 9 heteroatoms. The maximum Gasteiger partial charge on any atom is 0.288 e. The Hall–Kier alpha value is -1.15. The smallest absolute Gasteiger partial charge is 0.288 e. The van der Waals surface area contributed by atoms with E-state index >= 15 is 0 Å². The van der Waals surface area contributed by atoms with E-state index in [2.05, 4.69) is 20.2 Å². The Kier molecular flexibility index (Phi) is 6.25. The zero-order chi connectivity index (χ0) is 17.9. The van der Waals surface area contributed by atoms with E-state index in [0.29, 0.717) is 13.2 Å². The number of carbonyl (C=O) groups excluding carboxylic acids is 1. The summed E-state index contributed by atoms with van der Waals surface area (Å²) in [5.41, 5.74) is -0.615. The van der Waals surface area contributed by atoms with Crippen LogP contribution >= 0.6 is 23.2 Å². The van der Waals surface area contributed by atoms with Crippen LogP contribution in [0.1, 0.15) is 20.8 Å². The van der Waals surface area contributed by atoms with Gasteiger partial charge in [0, 0.05) is 31.7 Å². The number of rotatable bonds is 4. The molecule has 1 aliphatic heterocycles. The molecule has 0 aliphatic carbocycles. The van der Waals surface area contributed by atoms with Crippen molar-refractivity contribution >= 4 is 29.1 Å². The third-order valence-electron chi connectivity index (χ3n) is 3.62. The lowest BCUT2D eigenvalue weighted by Crippen LogP contribution is -2.52. The van der Waals surface area contributed by atoms with E-state index in [1.807, 2.05) is 20.8 Å². The van der Waals surface area contributed by atoms with Gasteiger partial charge in [-0.25, -0.2) is 4.68 Å². The van der Waals surface area contributed by atoms with Gasteiger partial charge in [0.2, 0.25) is 5.91 Å². The Morgan fingerprint density at radius 1 is 1.21 bits per heavy atom. The van der Waals surface area contributed by atoms with Crippen LogP contribution in [0.15, 0.2) is 11.0 Å². The molecule has 1 fully saturated rings. The molecule has 2 heterocycles. The molecule has 0 unspecified atom stereocenters. The minimum absolute atomic E-state index is 0.0100. The van der Waals surface area contributed by atoms with E-state index in [1.54, 1.807) is 0 Å². The molecule has 24 heavy (non-hydrogen) atoms. The predicted octanol–water partition coefficient (Wildman–Crippen LogP) is 1.04. The molecule has 1 aromatic rings. The summed E-state index contributed by atoms with van der Waals surface area (Å²) < 4.78 is 1.30. The Balaban J connectivity index is 1.84. The summed E-state index contributed by atoms with van der Waals surface area (Å²) >= 11 is 11.6. The molecule has 1 N–H and O–H groups in total. The summed E-state index contributed by atoms with van der Waals surface area (Å²) in [5.74, 6) is 0.0262. The second-order valence-electron chi connectivity index (χ2n) is 6.94. The van der Waals surface area contributed by atoms with Crippen molar-refractivity contribution in [3.63, 3.8) is 0 Å². The van der Waals surface area contributed by atoms with Gasteiger partial charge in [-0.15, -0.1) is 0 Å². The van der Waals surface area contributed by atoms with Crippen LogP contribution in [-0.4, -0.2) is 63.8 Å². The molecule has 134 valence electrons. The molecule has 1 amide bonds. The number of amides is 1. The summed E-state index contributed by atoms with van der Waals surface area (Å²) in [4.78, 5) is 28.2. The van der Waals surface area contributed by atoms with Gasteiger partial charge < -0.3 is 5.32 Å². The summed E-state index contributed by atoms with van der Waals surface area (Å²) in [6.45, 7) is 9.64. The molecule has 2 rings (SSSR count). The number of halogens is 2. The van der Waals surface area contributed by atoms with Gasteiger partial charge in [0.15, 0.2) is 0 Å². The van der Waals surface area contributed by atoms with Crippen molar-refractivity contribution in [1.29, 1.82) is 0 Å². The van der Waals surface area contributed by atoms with Crippen molar-refractivity contribution in [2.45, 2.75) is 33.0 Å². The number of nitrogens with zero attached hydrogens (tertiary/aromatic N) is 4. The third kappa shape index (κ3) is 5.44. The summed E-state index contributed by atoms with van der Waals surface area (Å²) in [6.07, 6.45) is 1.37. The Morgan fingerprint density at radius 2 is 1.79 bits per heavy atom. The van der Waals surface area contributed by atoms with E-state index in [4.69, 9.17) is 23.2 Å². The van der Waals surface area contributed by atoms with Crippen LogP contribution < -0.4 is 10.9 Å². The molecule has 0 bridgehead atoms. The maximum absolute atomic E-state index is 12.0. The molecule has 1 aliphatic rings. The summed E-state index contributed by atoms with van der Waals surface area (Å²) in [5, 5.41) is 7.12. The van der Waals surface area contributed by atoms with Crippen molar-refractivity contribution in [2.24, 2.45) is 0 Å². The van der Waals surface area contributed by atoms with Gasteiger partial charge in [-0.3, -0.25) is 19.4 Å². The highest BCUT2D eigenvalue weighted by Gasteiger charge is 2.22. The Labute approximate surface area is 151 Å². The molecule has 1 saturated heterocycles. The average Bonchev–Trinajstić information content (AvgIpc) is 2.48. The van der Waals surface area contributed by atoms with Crippen LogP contribution in [0, 0.1) is 0 Å². The van der Waals surface area contributed by atoms with Gasteiger partial charge in [-0.1, -0.05) is 23.2 Å². The number of hydrogen-bond donors (Lipinski definition) is 1. The van der Waals surface area contributed by atoms with Crippen LogP contribution in [0.25, 0.3) is 0 Å². The fourth-order valence-electron chi connectivity index (χ4n) is 2.48. The highest BCUT2D eigenvalue weighted by Crippen LogP contribution is 2.14. The first-order chi connectivity index (χ1) is 11.2. The highest BCUT2D eigenvalue weighted by atomic mass is 35.5. The minimum Gasteiger partial charge on any atom is -0.350 e. The molecular formula is C15H23Cl2N5O2. The van der Waals surface area contributed by atoms with Crippen molar-refractivity contribution in [2.75, 3.05) is 32.7 Å². The third-order valence-corrected chi connectivity index (χ3v) is 4.37. The quantitative estimate of drug-likeness (QED) is 0.851. The lowest BCUT2D eigenvalue weighted by molar-refractivity contribution is -0.124. The van der Waals surface area contributed by atoms with Crippen LogP contribution in [0.2, 0.25) is 10.0 Å². The molecule has 0 aromatic carbocycles. The molecule has 0 saturated carbocycles. The average molecular weight is 376 g/mol. The first-order valence-corrected chi connectivity index (χ1v) is 8.58. The number of nitrogens with one attached hydrogen (secondary N) is 1. The molecule has 0 spiro atoms. The zero-order valence-corrected chi connectivity index (χ0v) is 15.7. The Morgan fingerprint density at radius 3 is 2.38 bits per heavy atom. The lowest BCUT2D eigenvalue weighted by atomic mass is 10.1. The van der Waals surface area contributed by atoms with Gasteiger partial charge >= 0.3 is 0 Å². The maximum atomic E-state index is 12.0. The van der Waals surface area contributed by atoms with E-state index < -0.39 is 5.56 Å². The largest absolute Gasteiger partial charge is 0.350 e. The van der Waals surface area contributed by atoms with Gasteiger partial charge in [-0.05, 0) is 20.8 Å². The minimum atomic E-state index is -0.392. The SMILES string of the molecule is CC(C)(C)NC(=O)CN1CCN(Cn2ncc(Cl)c(Cl)c2=O)CC1. The first kappa shape index (κ1) is 19.2. The van der Waals surface area contributed by atoms with Gasteiger partial charge in [0.05, 0.1) is 24.4 Å². The molecule has 0 radical (unpaired) electrons. The fraction of sp³-hybridized carbons (Fsp3) is 0.667. The molecule has 7 nitrogen and oxygen atoms in total. The molecular weight excluding hydrogens is 353 g/mol. The number of aromatic nitrogens is 2. The second kappa shape index (κ2) is 7.82. The lowest BCUT2D eigenvalue weighted by Gasteiger charge is -2.34. The van der Waals surface area contributed by atoms with E-state index in [9.17, 15) is 9.59 Å². The van der Waals surface area contributed by atoms with Crippen molar-refractivity contribution < 1.29 is 4.79 Å². The van der Waals surface area contributed by atoms with Crippen LogP contribution in [-0.2, 0) is 11.5 Å². The van der Waals surface area contributed by atoms with Gasteiger partial charge in [0.1, 0.15) is 5.02 Å². The predicted molar refractivity (Wildman–Crippen MR) is 94.4 cm³/mol. The highest BCUT2D eigenvalue weighted by molar-refractivity contribution is 6.41. The normalized spacial score (nSPS) is 17.0. The van der Waals surface area contributed by atoms with Crippen LogP contribution in [0.5, 0.6) is 0 Å². The second-order valence-corrected chi connectivity index (χ2v) is 7.73. The summed E-state index contributed by atoms with van der Waals surface area (Å²) in [6, 6.07) is 0. The topological polar surface area (TPSA) is 70.5 Å². The van der Waals surface area contributed by atoms with E-state index in [-0.39, 0.29) is 21.5 Å². The number of piperazine rings is 1. The first-order valence-electron chi connectivity index (χ1n) is 7.82. The van der Waals surface area contributed by atoms with Gasteiger partial charge in [-0.2, -0.15) is 5.10 Å². The number of carbonyl (C=O) groups is 1. The standard InChI is InChI=1S/C15H23Cl2N5O2/c1-15(2,3)19-12(23)9-20-4-6-21(7-5-20)10-22-14(24)13(17)11(16)8-18-22/h8H,4-7,9-10H2,1-3H3,(H,19,23). The molecule has 1 aromatic heterocycles. The van der Waals surface area contributed by atoms with Gasteiger partial charge in [0.25, 0.3) is 5.56 Å². The monoisotopic (exact) mass is 375 g/mol. The number of hydrogen-bond acceptors (Lipinski definition) is 5. The van der Waals surface area contributed by atoms with Crippen molar-refractivity contribution in [3.8, 4) is 0 Å². The fourth-order valence-corrected chi connectivity index (χ4v) is 2.76.